The standard InChI is InChI=1S/C15H18N2O2/c1-2-13-14(7-11(1)12-8-18-9-12)19-15(17-13)10-3-5-16-6-4-10/h1-2,7,10,12,16H,3-6,8-9H2. The second-order valence-corrected chi connectivity index (χ2v) is 5.54. The van der Waals surface area contributed by atoms with Gasteiger partial charge in [-0.15, -0.1) is 0 Å². The fraction of sp³-hybridized carbons (Fsp3) is 0.533. The number of fused-ring (bicyclic) bond motifs is 1. The van der Waals surface area contributed by atoms with Crippen LogP contribution in [0.15, 0.2) is 22.6 Å². The van der Waals surface area contributed by atoms with Crippen LogP contribution < -0.4 is 5.32 Å². The Morgan fingerprint density at radius 2 is 1.95 bits per heavy atom. The molecule has 2 fully saturated rings. The molecule has 0 aliphatic carbocycles. The molecule has 0 bridgehead atoms. The van der Waals surface area contributed by atoms with Crippen LogP contribution >= 0.6 is 0 Å². The minimum Gasteiger partial charge on any atom is -0.440 e. The van der Waals surface area contributed by atoms with Gasteiger partial charge in [0.1, 0.15) is 5.52 Å². The molecule has 2 saturated heterocycles. The molecule has 4 rings (SSSR count). The molecule has 0 unspecified atom stereocenters. The average Bonchev–Trinajstić information content (AvgIpc) is 2.81. The van der Waals surface area contributed by atoms with Crippen LogP contribution in [0.2, 0.25) is 0 Å². The van der Waals surface area contributed by atoms with E-state index in [4.69, 9.17) is 9.15 Å². The summed E-state index contributed by atoms with van der Waals surface area (Å²) in [6, 6.07) is 6.38. The Kier molecular flexibility index (Phi) is 2.78. The quantitative estimate of drug-likeness (QED) is 0.898. The van der Waals surface area contributed by atoms with E-state index in [1.165, 1.54) is 5.56 Å². The summed E-state index contributed by atoms with van der Waals surface area (Å²) in [5, 5.41) is 3.37. The summed E-state index contributed by atoms with van der Waals surface area (Å²) in [5.74, 6) is 1.93. The third-order valence-electron chi connectivity index (χ3n) is 4.23. The van der Waals surface area contributed by atoms with Crippen LogP contribution in [-0.4, -0.2) is 31.3 Å². The molecule has 0 amide bonds. The second-order valence-electron chi connectivity index (χ2n) is 5.54. The number of hydrogen-bond donors (Lipinski definition) is 1. The fourth-order valence-electron chi connectivity index (χ4n) is 2.88. The summed E-state index contributed by atoms with van der Waals surface area (Å²) in [5.41, 5.74) is 3.22. The van der Waals surface area contributed by atoms with E-state index >= 15 is 0 Å². The molecule has 3 heterocycles. The van der Waals surface area contributed by atoms with Crippen LogP contribution in [-0.2, 0) is 4.74 Å². The van der Waals surface area contributed by atoms with E-state index in [-0.39, 0.29) is 0 Å². The SMILES string of the molecule is c1cc2nc(C3CCNCC3)oc2cc1C1COC1. The Morgan fingerprint density at radius 3 is 2.68 bits per heavy atom. The van der Waals surface area contributed by atoms with Crippen molar-refractivity contribution in [3.8, 4) is 0 Å². The number of hydrogen-bond acceptors (Lipinski definition) is 4. The Labute approximate surface area is 112 Å². The molecule has 2 aromatic rings. The third-order valence-corrected chi connectivity index (χ3v) is 4.23. The van der Waals surface area contributed by atoms with Gasteiger partial charge in [-0.3, -0.25) is 0 Å². The van der Waals surface area contributed by atoms with Crippen LogP contribution in [0.1, 0.15) is 36.1 Å². The minimum absolute atomic E-state index is 0.476. The van der Waals surface area contributed by atoms with E-state index in [1.54, 1.807) is 0 Å². The van der Waals surface area contributed by atoms with E-state index < -0.39 is 0 Å². The van der Waals surface area contributed by atoms with Gasteiger partial charge in [0, 0.05) is 11.8 Å². The molecule has 2 aliphatic rings. The molecule has 0 atom stereocenters. The lowest BCUT2D eigenvalue weighted by Crippen LogP contribution is -2.26. The molecule has 1 N–H and O–H groups in total. The highest BCUT2D eigenvalue weighted by molar-refractivity contribution is 5.73. The summed E-state index contributed by atoms with van der Waals surface area (Å²) in [4.78, 5) is 4.65. The first-order valence-electron chi connectivity index (χ1n) is 7.09. The molecule has 19 heavy (non-hydrogen) atoms. The van der Waals surface area contributed by atoms with Gasteiger partial charge in [-0.1, -0.05) is 6.07 Å². The van der Waals surface area contributed by atoms with Crippen molar-refractivity contribution in [2.75, 3.05) is 26.3 Å². The molecule has 2 aliphatic heterocycles. The molecule has 100 valence electrons. The molecule has 1 aromatic carbocycles. The highest BCUT2D eigenvalue weighted by Gasteiger charge is 2.23. The maximum absolute atomic E-state index is 5.99. The van der Waals surface area contributed by atoms with Crippen molar-refractivity contribution in [3.05, 3.63) is 29.7 Å². The Morgan fingerprint density at radius 1 is 1.11 bits per heavy atom. The van der Waals surface area contributed by atoms with Crippen molar-refractivity contribution in [1.29, 1.82) is 0 Å². The van der Waals surface area contributed by atoms with Gasteiger partial charge in [0.2, 0.25) is 0 Å². The molecule has 0 radical (unpaired) electrons. The monoisotopic (exact) mass is 258 g/mol. The van der Waals surface area contributed by atoms with E-state index in [0.29, 0.717) is 11.8 Å². The van der Waals surface area contributed by atoms with Gasteiger partial charge in [-0.25, -0.2) is 4.98 Å². The van der Waals surface area contributed by atoms with E-state index in [1.807, 2.05) is 0 Å². The van der Waals surface area contributed by atoms with E-state index in [0.717, 1.165) is 56.1 Å². The highest BCUT2D eigenvalue weighted by Crippen LogP contribution is 2.31. The van der Waals surface area contributed by atoms with Crippen molar-refractivity contribution < 1.29 is 9.15 Å². The summed E-state index contributed by atoms with van der Waals surface area (Å²) < 4.78 is 11.2. The Balaban J connectivity index is 1.66. The molecule has 4 heteroatoms. The van der Waals surface area contributed by atoms with Crippen molar-refractivity contribution in [2.24, 2.45) is 0 Å². The van der Waals surface area contributed by atoms with Crippen molar-refractivity contribution in [1.82, 2.24) is 10.3 Å². The lowest BCUT2D eigenvalue weighted by Gasteiger charge is -2.26. The van der Waals surface area contributed by atoms with Gasteiger partial charge in [-0.05, 0) is 43.6 Å². The van der Waals surface area contributed by atoms with Gasteiger partial charge >= 0.3 is 0 Å². The highest BCUT2D eigenvalue weighted by atomic mass is 16.5. The normalized spacial score (nSPS) is 21.7. The first-order chi connectivity index (χ1) is 9.40. The summed E-state index contributed by atoms with van der Waals surface area (Å²) in [6.45, 7) is 3.80. The Bertz CT molecular complexity index is 583. The minimum atomic E-state index is 0.476. The lowest BCUT2D eigenvalue weighted by atomic mass is 9.97. The van der Waals surface area contributed by atoms with Gasteiger partial charge in [0.25, 0.3) is 0 Å². The lowest BCUT2D eigenvalue weighted by molar-refractivity contribution is 0.00845. The van der Waals surface area contributed by atoms with Crippen LogP contribution in [0.3, 0.4) is 0 Å². The smallest absolute Gasteiger partial charge is 0.198 e. The van der Waals surface area contributed by atoms with Gasteiger partial charge in [0.15, 0.2) is 11.5 Å². The predicted molar refractivity (Wildman–Crippen MR) is 72.4 cm³/mol. The molecular formula is C15H18N2O2. The van der Waals surface area contributed by atoms with Crippen LogP contribution in [0.25, 0.3) is 11.1 Å². The van der Waals surface area contributed by atoms with Crippen molar-refractivity contribution in [2.45, 2.75) is 24.7 Å². The second kappa shape index (κ2) is 4.62. The number of nitrogens with zero attached hydrogens (tertiary/aromatic N) is 1. The van der Waals surface area contributed by atoms with Crippen LogP contribution in [0, 0.1) is 0 Å². The number of aromatic nitrogens is 1. The Hall–Kier alpha value is -1.39. The molecule has 0 saturated carbocycles. The van der Waals surface area contributed by atoms with E-state index in [9.17, 15) is 0 Å². The summed E-state index contributed by atoms with van der Waals surface area (Å²) in [6.07, 6.45) is 2.24. The van der Waals surface area contributed by atoms with Gasteiger partial charge in [0.05, 0.1) is 13.2 Å². The maximum atomic E-state index is 5.99. The zero-order chi connectivity index (χ0) is 12.7. The summed E-state index contributed by atoms with van der Waals surface area (Å²) in [7, 11) is 0. The number of rotatable bonds is 2. The zero-order valence-electron chi connectivity index (χ0n) is 10.9. The van der Waals surface area contributed by atoms with Gasteiger partial charge < -0.3 is 14.5 Å². The van der Waals surface area contributed by atoms with Gasteiger partial charge in [-0.2, -0.15) is 0 Å². The average molecular weight is 258 g/mol. The number of benzene rings is 1. The van der Waals surface area contributed by atoms with Crippen molar-refractivity contribution in [3.63, 3.8) is 0 Å². The van der Waals surface area contributed by atoms with Crippen molar-refractivity contribution >= 4 is 11.1 Å². The molecular weight excluding hydrogens is 240 g/mol. The largest absolute Gasteiger partial charge is 0.440 e. The molecule has 1 aromatic heterocycles. The molecule has 0 spiro atoms. The number of nitrogens with one attached hydrogen (secondary N) is 1. The topological polar surface area (TPSA) is 47.3 Å². The van der Waals surface area contributed by atoms with Crippen LogP contribution in [0.4, 0.5) is 0 Å². The first-order valence-corrected chi connectivity index (χ1v) is 7.09. The number of ether oxygens (including phenoxy) is 1. The number of oxazole rings is 1. The number of piperidine rings is 1. The van der Waals surface area contributed by atoms with Crippen LogP contribution in [0.5, 0.6) is 0 Å². The summed E-state index contributed by atoms with van der Waals surface area (Å²) >= 11 is 0. The molecule has 4 nitrogen and oxygen atoms in total. The predicted octanol–water partition coefficient (Wildman–Crippen LogP) is 2.41. The fourth-order valence-corrected chi connectivity index (χ4v) is 2.88. The maximum Gasteiger partial charge on any atom is 0.198 e. The first kappa shape index (κ1) is 11.4. The third kappa shape index (κ3) is 2.05. The zero-order valence-corrected chi connectivity index (χ0v) is 10.9. The van der Waals surface area contributed by atoms with E-state index in [2.05, 4.69) is 28.5 Å².